The van der Waals surface area contributed by atoms with E-state index in [0.717, 1.165) is 19.1 Å². The van der Waals surface area contributed by atoms with E-state index in [-0.39, 0.29) is 32.8 Å². The molecule has 3 aromatic rings. The van der Waals surface area contributed by atoms with Gasteiger partial charge < -0.3 is 9.30 Å². The number of aromatic nitrogens is 3. The quantitative estimate of drug-likeness (QED) is 0.370. The molecular formula is C23H24ClN3O5S. The summed E-state index contributed by atoms with van der Waals surface area (Å²) in [7, 11) is -0.120. The zero-order valence-corrected chi connectivity index (χ0v) is 20.3. The van der Waals surface area contributed by atoms with Gasteiger partial charge in [-0.05, 0) is 43.0 Å². The molecule has 1 aliphatic carbocycles. The smallest absolute Gasteiger partial charge is 0.346 e. The second-order valence-electron chi connectivity index (χ2n) is 8.28. The van der Waals surface area contributed by atoms with E-state index < -0.39 is 21.6 Å². The van der Waals surface area contributed by atoms with Gasteiger partial charge in [0.05, 0.1) is 21.2 Å². The minimum Gasteiger partial charge on any atom is -0.403 e. The third-order valence-electron chi connectivity index (χ3n) is 5.67. The first-order chi connectivity index (χ1) is 15.5. The fourth-order valence-corrected chi connectivity index (χ4v) is 5.31. The summed E-state index contributed by atoms with van der Waals surface area (Å²) in [6.07, 6.45) is 6.54. The lowest BCUT2D eigenvalue weighted by molar-refractivity contribution is 0.0718. The lowest BCUT2D eigenvalue weighted by Crippen LogP contribution is -2.14. The van der Waals surface area contributed by atoms with Crippen molar-refractivity contribution in [2.24, 2.45) is 14.1 Å². The van der Waals surface area contributed by atoms with Crippen LogP contribution in [0, 0.1) is 0 Å². The summed E-state index contributed by atoms with van der Waals surface area (Å²) in [4.78, 5) is 26.5. The molecule has 4 rings (SSSR count). The molecule has 0 amide bonds. The Labute approximate surface area is 197 Å². The second kappa shape index (κ2) is 8.46. The van der Waals surface area contributed by atoms with Crippen LogP contribution in [0.3, 0.4) is 0 Å². The molecule has 1 fully saturated rings. The largest absolute Gasteiger partial charge is 0.403 e. The van der Waals surface area contributed by atoms with E-state index in [1.807, 2.05) is 0 Å². The molecule has 1 aromatic carbocycles. The molecule has 1 aliphatic rings. The predicted molar refractivity (Wildman–Crippen MR) is 123 cm³/mol. The molecule has 0 saturated heterocycles. The summed E-state index contributed by atoms with van der Waals surface area (Å²) in [5.74, 6) is -0.931. The number of carbonyl (C=O) groups is 2. The van der Waals surface area contributed by atoms with Crippen LogP contribution in [0.4, 0.5) is 0 Å². The standard InChI is InChI=1S/C23H24ClN3O5S/c1-5-15-17(33(4,30)31)9-8-16(19(15)24)21(28)18-20(13-6-7-13)25-27(3)22(18)32-23(29)14-10-11-26(2)12-14/h8-13H,5-7H2,1-4H3. The van der Waals surface area contributed by atoms with Crippen LogP contribution in [0.5, 0.6) is 5.88 Å². The highest BCUT2D eigenvalue weighted by atomic mass is 35.5. The Bertz CT molecular complexity index is 1380. The van der Waals surface area contributed by atoms with Gasteiger partial charge in [0.1, 0.15) is 5.56 Å². The van der Waals surface area contributed by atoms with Gasteiger partial charge in [-0.3, -0.25) is 4.79 Å². The van der Waals surface area contributed by atoms with Crippen molar-refractivity contribution in [2.75, 3.05) is 6.26 Å². The van der Waals surface area contributed by atoms with Crippen LogP contribution < -0.4 is 4.74 Å². The van der Waals surface area contributed by atoms with Crippen LogP contribution in [0.25, 0.3) is 0 Å². The van der Waals surface area contributed by atoms with Crippen molar-refractivity contribution < 1.29 is 22.7 Å². The van der Waals surface area contributed by atoms with Crippen molar-refractivity contribution in [1.82, 2.24) is 14.3 Å². The minimum atomic E-state index is -3.52. The van der Waals surface area contributed by atoms with Crippen LogP contribution in [0.15, 0.2) is 35.5 Å². The summed E-state index contributed by atoms with van der Waals surface area (Å²) in [5, 5.41) is 4.55. The molecule has 174 valence electrons. The molecule has 8 nitrogen and oxygen atoms in total. The van der Waals surface area contributed by atoms with E-state index >= 15 is 0 Å². The summed E-state index contributed by atoms with van der Waals surface area (Å²) >= 11 is 6.55. The van der Waals surface area contributed by atoms with Crippen molar-refractivity contribution in [3.63, 3.8) is 0 Å². The highest BCUT2D eigenvalue weighted by Crippen LogP contribution is 2.44. The molecule has 10 heteroatoms. The molecule has 2 heterocycles. The minimum absolute atomic E-state index is 0.0389. The molecule has 0 unspecified atom stereocenters. The Hall–Kier alpha value is -2.91. The lowest BCUT2D eigenvalue weighted by Gasteiger charge is -2.13. The molecule has 33 heavy (non-hydrogen) atoms. The molecule has 0 radical (unpaired) electrons. The van der Waals surface area contributed by atoms with Gasteiger partial charge >= 0.3 is 5.97 Å². The fraction of sp³-hybridized carbons (Fsp3) is 0.348. The van der Waals surface area contributed by atoms with Crippen LogP contribution in [0.1, 0.15) is 63.2 Å². The SMILES string of the molecule is CCc1c(S(C)(=O)=O)ccc(C(=O)c2c(C3CC3)nn(C)c2OC(=O)c2ccn(C)c2)c1Cl. The number of halogens is 1. The van der Waals surface area contributed by atoms with Gasteiger partial charge in [-0.25, -0.2) is 17.9 Å². The van der Waals surface area contributed by atoms with Gasteiger partial charge in [-0.15, -0.1) is 0 Å². The average molecular weight is 490 g/mol. The van der Waals surface area contributed by atoms with E-state index in [9.17, 15) is 18.0 Å². The number of hydrogen-bond acceptors (Lipinski definition) is 6. The number of esters is 1. The number of hydrogen-bond donors (Lipinski definition) is 0. The van der Waals surface area contributed by atoms with Gasteiger partial charge in [0, 0.05) is 44.2 Å². The first-order valence-corrected chi connectivity index (χ1v) is 12.8. The van der Waals surface area contributed by atoms with E-state index in [2.05, 4.69) is 5.10 Å². The van der Waals surface area contributed by atoms with Gasteiger partial charge in [0.2, 0.25) is 11.7 Å². The molecule has 0 atom stereocenters. The molecule has 1 saturated carbocycles. The number of carbonyl (C=O) groups excluding carboxylic acids is 2. The summed E-state index contributed by atoms with van der Waals surface area (Å²) in [6.45, 7) is 1.77. The topological polar surface area (TPSA) is 100 Å². The Kier molecular flexibility index (Phi) is 5.96. The zero-order valence-electron chi connectivity index (χ0n) is 18.8. The maximum Gasteiger partial charge on any atom is 0.346 e. The third kappa shape index (κ3) is 4.35. The average Bonchev–Trinajstić information content (AvgIpc) is 3.42. The number of ether oxygens (including phenoxy) is 1. The van der Waals surface area contributed by atoms with Crippen molar-refractivity contribution in [3.8, 4) is 5.88 Å². The van der Waals surface area contributed by atoms with Crippen molar-refractivity contribution in [3.05, 3.63) is 63.6 Å². The summed E-state index contributed by atoms with van der Waals surface area (Å²) in [5.41, 5.74) is 1.60. The summed E-state index contributed by atoms with van der Waals surface area (Å²) < 4.78 is 33.1. The van der Waals surface area contributed by atoms with Gasteiger partial charge in [0.25, 0.3) is 0 Å². The van der Waals surface area contributed by atoms with Crippen molar-refractivity contribution in [2.45, 2.75) is 37.0 Å². The van der Waals surface area contributed by atoms with Gasteiger partial charge in [-0.1, -0.05) is 18.5 Å². The lowest BCUT2D eigenvalue weighted by atomic mass is 9.98. The maximum absolute atomic E-state index is 13.7. The second-order valence-corrected chi connectivity index (χ2v) is 10.6. The van der Waals surface area contributed by atoms with E-state index in [1.54, 1.807) is 44.0 Å². The number of aryl methyl sites for hydroxylation is 2. The monoisotopic (exact) mass is 489 g/mol. The third-order valence-corrected chi connectivity index (χ3v) is 7.28. The van der Waals surface area contributed by atoms with Crippen LogP contribution in [-0.4, -0.2) is 40.8 Å². The molecule has 0 aliphatic heterocycles. The predicted octanol–water partition coefficient (Wildman–Crippen LogP) is 3.71. The number of nitrogens with zero attached hydrogens (tertiary/aromatic N) is 3. The van der Waals surface area contributed by atoms with Crippen LogP contribution in [0.2, 0.25) is 5.02 Å². The Balaban J connectivity index is 1.82. The van der Waals surface area contributed by atoms with E-state index in [0.29, 0.717) is 23.2 Å². The van der Waals surface area contributed by atoms with Crippen LogP contribution in [-0.2, 0) is 30.4 Å². The number of rotatable bonds is 7. The maximum atomic E-state index is 13.7. The Morgan fingerprint density at radius 2 is 1.91 bits per heavy atom. The first-order valence-electron chi connectivity index (χ1n) is 10.5. The highest BCUT2D eigenvalue weighted by Gasteiger charge is 2.37. The number of benzene rings is 1. The zero-order chi connectivity index (χ0) is 24.1. The normalized spacial score (nSPS) is 13.8. The molecule has 0 N–H and O–H groups in total. The van der Waals surface area contributed by atoms with Gasteiger partial charge in [-0.2, -0.15) is 5.10 Å². The number of ketones is 1. The molecule has 2 aromatic heterocycles. The van der Waals surface area contributed by atoms with Crippen molar-refractivity contribution >= 4 is 33.2 Å². The van der Waals surface area contributed by atoms with Gasteiger partial charge in [0.15, 0.2) is 9.84 Å². The molecule has 0 spiro atoms. The fourth-order valence-electron chi connectivity index (χ4n) is 3.86. The van der Waals surface area contributed by atoms with Crippen LogP contribution >= 0.6 is 11.6 Å². The number of sulfone groups is 1. The Morgan fingerprint density at radius 3 is 2.45 bits per heavy atom. The summed E-state index contributed by atoms with van der Waals surface area (Å²) in [6, 6.07) is 4.43. The first kappa shape index (κ1) is 23.3. The van der Waals surface area contributed by atoms with E-state index in [4.69, 9.17) is 16.3 Å². The molecular weight excluding hydrogens is 466 g/mol. The van der Waals surface area contributed by atoms with E-state index in [1.165, 1.54) is 16.8 Å². The van der Waals surface area contributed by atoms with Crippen molar-refractivity contribution in [1.29, 1.82) is 0 Å². The molecule has 0 bridgehead atoms. The highest BCUT2D eigenvalue weighted by molar-refractivity contribution is 7.90. The Morgan fingerprint density at radius 1 is 1.21 bits per heavy atom.